The molecule has 0 aliphatic rings. The Balaban J connectivity index is 2.75. The Bertz CT molecular complexity index is 272. The SMILES string of the molecule is CCCN(CCC)c1cncc(Cl)n1. The zero-order valence-corrected chi connectivity index (χ0v) is 9.46. The molecule has 14 heavy (non-hydrogen) atoms. The van der Waals surface area contributed by atoms with Gasteiger partial charge >= 0.3 is 0 Å². The van der Waals surface area contributed by atoms with Crippen LogP contribution < -0.4 is 4.90 Å². The fourth-order valence-corrected chi connectivity index (χ4v) is 1.51. The zero-order chi connectivity index (χ0) is 10.4. The van der Waals surface area contributed by atoms with Crippen LogP contribution in [0.25, 0.3) is 0 Å². The minimum absolute atomic E-state index is 0.458. The molecular formula is C10H16ClN3. The third-order valence-electron chi connectivity index (χ3n) is 1.90. The van der Waals surface area contributed by atoms with Crippen molar-refractivity contribution >= 4 is 17.4 Å². The van der Waals surface area contributed by atoms with Crippen molar-refractivity contribution in [1.29, 1.82) is 0 Å². The Morgan fingerprint density at radius 1 is 1.21 bits per heavy atom. The summed E-state index contributed by atoms with van der Waals surface area (Å²) in [7, 11) is 0. The lowest BCUT2D eigenvalue weighted by Crippen LogP contribution is -2.25. The lowest BCUT2D eigenvalue weighted by molar-refractivity contribution is 0.732. The lowest BCUT2D eigenvalue weighted by atomic mass is 10.3. The number of anilines is 1. The second-order valence-electron chi connectivity index (χ2n) is 3.19. The van der Waals surface area contributed by atoms with Crippen LogP contribution in [0.3, 0.4) is 0 Å². The molecule has 1 rings (SSSR count). The van der Waals surface area contributed by atoms with E-state index in [2.05, 4.69) is 28.7 Å². The zero-order valence-electron chi connectivity index (χ0n) is 8.70. The van der Waals surface area contributed by atoms with Crippen LogP contribution in [-0.4, -0.2) is 23.1 Å². The van der Waals surface area contributed by atoms with E-state index >= 15 is 0 Å². The Morgan fingerprint density at radius 3 is 2.36 bits per heavy atom. The molecule has 0 atom stereocenters. The molecule has 78 valence electrons. The number of rotatable bonds is 5. The van der Waals surface area contributed by atoms with Crippen LogP contribution in [0.2, 0.25) is 5.15 Å². The number of hydrogen-bond acceptors (Lipinski definition) is 3. The molecule has 1 heterocycles. The smallest absolute Gasteiger partial charge is 0.149 e. The van der Waals surface area contributed by atoms with E-state index in [4.69, 9.17) is 11.6 Å². The van der Waals surface area contributed by atoms with Crippen molar-refractivity contribution in [3.63, 3.8) is 0 Å². The summed E-state index contributed by atoms with van der Waals surface area (Å²) in [5, 5.41) is 0.458. The second kappa shape index (κ2) is 5.81. The van der Waals surface area contributed by atoms with E-state index in [1.807, 2.05) is 0 Å². The van der Waals surface area contributed by atoms with Crippen LogP contribution in [0.4, 0.5) is 5.82 Å². The molecule has 1 aromatic rings. The molecule has 0 saturated heterocycles. The Hall–Kier alpha value is -0.830. The molecule has 0 spiro atoms. The standard InChI is InChI=1S/C10H16ClN3/c1-3-5-14(6-4-2)10-8-12-7-9(11)13-10/h7-8H,3-6H2,1-2H3. The first kappa shape index (κ1) is 11.2. The van der Waals surface area contributed by atoms with Gasteiger partial charge in [0, 0.05) is 13.1 Å². The van der Waals surface area contributed by atoms with Crippen LogP contribution in [-0.2, 0) is 0 Å². The molecule has 0 fully saturated rings. The van der Waals surface area contributed by atoms with Crippen LogP contribution >= 0.6 is 11.6 Å². The summed E-state index contributed by atoms with van der Waals surface area (Å²) < 4.78 is 0. The van der Waals surface area contributed by atoms with Gasteiger partial charge in [-0.1, -0.05) is 25.4 Å². The Morgan fingerprint density at radius 2 is 1.86 bits per heavy atom. The minimum Gasteiger partial charge on any atom is -0.355 e. The summed E-state index contributed by atoms with van der Waals surface area (Å²) in [4.78, 5) is 10.5. The van der Waals surface area contributed by atoms with E-state index < -0.39 is 0 Å². The predicted molar refractivity (Wildman–Crippen MR) is 59.8 cm³/mol. The van der Waals surface area contributed by atoms with Crippen molar-refractivity contribution in [2.45, 2.75) is 26.7 Å². The predicted octanol–water partition coefficient (Wildman–Crippen LogP) is 2.76. The molecule has 0 bridgehead atoms. The highest BCUT2D eigenvalue weighted by Crippen LogP contribution is 2.13. The van der Waals surface area contributed by atoms with E-state index in [1.165, 1.54) is 0 Å². The quantitative estimate of drug-likeness (QED) is 0.753. The van der Waals surface area contributed by atoms with Gasteiger partial charge in [0.05, 0.1) is 12.4 Å². The number of halogens is 1. The number of nitrogens with zero attached hydrogens (tertiary/aromatic N) is 3. The van der Waals surface area contributed by atoms with Gasteiger partial charge in [0.25, 0.3) is 0 Å². The summed E-state index contributed by atoms with van der Waals surface area (Å²) in [6.45, 7) is 6.31. The molecule has 0 unspecified atom stereocenters. The molecule has 1 aromatic heterocycles. The molecule has 0 aromatic carbocycles. The summed E-state index contributed by atoms with van der Waals surface area (Å²) in [6, 6.07) is 0. The first-order valence-electron chi connectivity index (χ1n) is 5.00. The van der Waals surface area contributed by atoms with Gasteiger partial charge in [-0.25, -0.2) is 4.98 Å². The number of hydrogen-bond donors (Lipinski definition) is 0. The van der Waals surface area contributed by atoms with E-state index in [-0.39, 0.29) is 0 Å². The molecule has 0 saturated carbocycles. The average Bonchev–Trinajstić information content (AvgIpc) is 2.17. The van der Waals surface area contributed by atoms with Gasteiger partial charge < -0.3 is 4.90 Å². The summed E-state index contributed by atoms with van der Waals surface area (Å²) in [5.41, 5.74) is 0. The van der Waals surface area contributed by atoms with E-state index in [0.717, 1.165) is 31.7 Å². The highest BCUT2D eigenvalue weighted by atomic mass is 35.5. The first-order valence-corrected chi connectivity index (χ1v) is 5.38. The van der Waals surface area contributed by atoms with Gasteiger partial charge in [-0.2, -0.15) is 0 Å². The highest BCUT2D eigenvalue weighted by Gasteiger charge is 2.06. The second-order valence-corrected chi connectivity index (χ2v) is 3.57. The lowest BCUT2D eigenvalue weighted by Gasteiger charge is -2.21. The molecule has 0 aliphatic heterocycles. The van der Waals surface area contributed by atoms with Crippen molar-refractivity contribution in [3.05, 3.63) is 17.5 Å². The maximum Gasteiger partial charge on any atom is 0.149 e. The van der Waals surface area contributed by atoms with Gasteiger partial charge in [0.1, 0.15) is 11.0 Å². The fraction of sp³-hybridized carbons (Fsp3) is 0.600. The summed E-state index contributed by atoms with van der Waals surface area (Å²) >= 11 is 5.79. The molecule has 0 amide bonds. The van der Waals surface area contributed by atoms with Crippen molar-refractivity contribution in [1.82, 2.24) is 9.97 Å². The van der Waals surface area contributed by atoms with Crippen LogP contribution in [0.5, 0.6) is 0 Å². The average molecular weight is 214 g/mol. The summed E-state index contributed by atoms with van der Waals surface area (Å²) in [6.07, 6.45) is 5.53. The normalized spacial score (nSPS) is 10.2. The van der Waals surface area contributed by atoms with Crippen LogP contribution in [0, 0.1) is 0 Å². The Labute approximate surface area is 90.1 Å². The number of aromatic nitrogens is 2. The topological polar surface area (TPSA) is 29.0 Å². The Kier molecular flexibility index (Phi) is 4.66. The monoisotopic (exact) mass is 213 g/mol. The van der Waals surface area contributed by atoms with Crippen LogP contribution in [0.1, 0.15) is 26.7 Å². The molecular weight excluding hydrogens is 198 g/mol. The van der Waals surface area contributed by atoms with Gasteiger partial charge in [0.2, 0.25) is 0 Å². The fourth-order valence-electron chi connectivity index (χ4n) is 1.37. The largest absolute Gasteiger partial charge is 0.355 e. The van der Waals surface area contributed by atoms with Crippen molar-refractivity contribution in [2.24, 2.45) is 0 Å². The van der Waals surface area contributed by atoms with Crippen molar-refractivity contribution in [3.8, 4) is 0 Å². The van der Waals surface area contributed by atoms with Crippen molar-refractivity contribution in [2.75, 3.05) is 18.0 Å². The van der Waals surface area contributed by atoms with E-state index in [9.17, 15) is 0 Å². The van der Waals surface area contributed by atoms with E-state index in [0.29, 0.717) is 5.15 Å². The summed E-state index contributed by atoms with van der Waals surface area (Å²) in [5.74, 6) is 0.876. The minimum atomic E-state index is 0.458. The maximum atomic E-state index is 5.79. The maximum absolute atomic E-state index is 5.79. The molecule has 0 radical (unpaired) electrons. The first-order chi connectivity index (χ1) is 6.77. The highest BCUT2D eigenvalue weighted by molar-refractivity contribution is 6.29. The van der Waals surface area contributed by atoms with Crippen LogP contribution in [0.15, 0.2) is 12.4 Å². The molecule has 0 N–H and O–H groups in total. The van der Waals surface area contributed by atoms with Gasteiger partial charge in [-0.05, 0) is 12.8 Å². The molecule has 0 aliphatic carbocycles. The third-order valence-corrected chi connectivity index (χ3v) is 2.09. The third kappa shape index (κ3) is 3.14. The van der Waals surface area contributed by atoms with Crippen molar-refractivity contribution < 1.29 is 0 Å². The van der Waals surface area contributed by atoms with E-state index in [1.54, 1.807) is 12.4 Å². The van der Waals surface area contributed by atoms with Gasteiger partial charge in [-0.15, -0.1) is 0 Å². The molecule has 3 nitrogen and oxygen atoms in total. The molecule has 4 heteroatoms. The van der Waals surface area contributed by atoms with Gasteiger partial charge in [0.15, 0.2) is 0 Å². The van der Waals surface area contributed by atoms with Gasteiger partial charge in [-0.3, -0.25) is 4.98 Å².